The number of nitrogens with zero attached hydrogens (tertiary/aromatic N) is 2. The van der Waals surface area contributed by atoms with Crippen molar-refractivity contribution < 1.29 is 0 Å². The van der Waals surface area contributed by atoms with Crippen molar-refractivity contribution in [3.05, 3.63) is 30.3 Å². The van der Waals surface area contributed by atoms with Crippen LogP contribution in [-0.4, -0.2) is 56.9 Å². The van der Waals surface area contributed by atoms with Gasteiger partial charge in [-0.1, -0.05) is 18.2 Å². The Labute approximate surface area is 109 Å². The highest BCUT2D eigenvalue weighted by molar-refractivity contribution is 5.47. The molecule has 1 atom stereocenters. The molecule has 0 aromatic heterocycles. The molecule has 98 valence electrons. The molecule has 4 heteroatoms. The van der Waals surface area contributed by atoms with Crippen LogP contribution in [0.3, 0.4) is 0 Å². The first-order valence-corrected chi connectivity index (χ1v) is 6.92. The minimum absolute atomic E-state index is 0.503. The summed E-state index contributed by atoms with van der Waals surface area (Å²) in [5.41, 5.74) is 1.35. The van der Waals surface area contributed by atoms with E-state index in [2.05, 4.69) is 50.8 Å². The van der Waals surface area contributed by atoms with Gasteiger partial charge < -0.3 is 15.5 Å². The van der Waals surface area contributed by atoms with Crippen molar-refractivity contribution in [2.75, 3.05) is 50.7 Å². The third kappa shape index (κ3) is 2.51. The predicted octanol–water partition coefficient (Wildman–Crippen LogP) is 0.328. The third-order valence-corrected chi connectivity index (χ3v) is 3.88. The minimum Gasteiger partial charge on any atom is -0.353 e. The van der Waals surface area contributed by atoms with Gasteiger partial charge in [0.25, 0.3) is 0 Å². The van der Waals surface area contributed by atoms with Crippen LogP contribution in [0.1, 0.15) is 0 Å². The fourth-order valence-corrected chi connectivity index (χ4v) is 2.92. The lowest BCUT2D eigenvalue weighted by Crippen LogP contribution is -2.62. The first-order valence-electron chi connectivity index (χ1n) is 6.92. The van der Waals surface area contributed by atoms with Crippen molar-refractivity contribution in [2.45, 2.75) is 6.17 Å². The largest absolute Gasteiger partial charge is 0.353 e. The standard InChI is InChI=1S/C14H22N4/c1-2-4-13(5-3-1)18-11-8-16-12-14(18)17-9-6-15-7-10-17/h1-5,14-16H,6-12H2. The van der Waals surface area contributed by atoms with Crippen LogP contribution in [0.25, 0.3) is 0 Å². The topological polar surface area (TPSA) is 30.5 Å². The summed E-state index contributed by atoms with van der Waals surface area (Å²) >= 11 is 0. The van der Waals surface area contributed by atoms with Gasteiger partial charge in [0.05, 0.1) is 6.17 Å². The van der Waals surface area contributed by atoms with E-state index >= 15 is 0 Å². The Bertz CT molecular complexity index is 361. The van der Waals surface area contributed by atoms with E-state index in [-0.39, 0.29) is 0 Å². The maximum Gasteiger partial charge on any atom is 0.0948 e. The Morgan fingerprint density at radius 1 is 0.889 bits per heavy atom. The van der Waals surface area contributed by atoms with E-state index in [9.17, 15) is 0 Å². The summed E-state index contributed by atoms with van der Waals surface area (Å²) in [6, 6.07) is 10.8. The van der Waals surface area contributed by atoms with Gasteiger partial charge in [-0.3, -0.25) is 4.90 Å². The van der Waals surface area contributed by atoms with Crippen molar-refractivity contribution in [3.63, 3.8) is 0 Å². The zero-order valence-electron chi connectivity index (χ0n) is 10.8. The van der Waals surface area contributed by atoms with E-state index in [0.717, 1.165) is 45.8 Å². The number of benzene rings is 1. The van der Waals surface area contributed by atoms with Gasteiger partial charge >= 0.3 is 0 Å². The molecule has 18 heavy (non-hydrogen) atoms. The molecule has 1 unspecified atom stereocenters. The smallest absolute Gasteiger partial charge is 0.0948 e. The first kappa shape index (κ1) is 12.0. The molecule has 0 saturated carbocycles. The quantitative estimate of drug-likeness (QED) is 0.787. The SMILES string of the molecule is c1ccc(N2CCNCC2N2CCNCC2)cc1. The minimum atomic E-state index is 0.503. The highest BCUT2D eigenvalue weighted by Gasteiger charge is 2.28. The van der Waals surface area contributed by atoms with Crippen LogP contribution in [-0.2, 0) is 0 Å². The lowest BCUT2D eigenvalue weighted by molar-refractivity contribution is 0.154. The molecule has 0 radical (unpaired) electrons. The van der Waals surface area contributed by atoms with Crippen molar-refractivity contribution in [1.82, 2.24) is 15.5 Å². The van der Waals surface area contributed by atoms with Crippen LogP contribution in [0.4, 0.5) is 5.69 Å². The lowest BCUT2D eigenvalue weighted by atomic mass is 10.2. The molecule has 0 aliphatic carbocycles. The Kier molecular flexibility index (Phi) is 3.78. The maximum absolute atomic E-state index is 3.53. The number of anilines is 1. The molecule has 0 bridgehead atoms. The molecule has 4 nitrogen and oxygen atoms in total. The van der Waals surface area contributed by atoms with Crippen molar-refractivity contribution in [3.8, 4) is 0 Å². The maximum atomic E-state index is 3.53. The molecule has 2 aliphatic heterocycles. The molecule has 1 aromatic rings. The molecule has 0 spiro atoms. The Morgan fingerprint density at radius 2 is 1.61 bits per heavy atom. The summed E-state index contributed by atoms with van der Waals surface area (Å²) in [6.07, 6.45) is 0.503. The van der Waals surface area contributed by atoms with E-state index < -0.39 is 0 Å². The van der Waals surface area contributed by atoms with Gasteiger partial charge in [-0.15, -0.1) is 0 Å². The van der Waals surface area contributed by atoms with Crippen LogP contribution >= 0.6 is 0 Å². The Morgan fingerprint density at radius 3 is 2.39 bits per heavy atom. The molecule has 1 aromatic carbocycles. The van der Waals surface area contributed by atoms with E-state index in [1.165, 1.54) is 5.69 Å². The summed E-state index contributed by atoms with van der Waals surface area (Å²) in [4.78, 5) is 5.14. The molecule has 2 heterocycles. The molecule has 2 N–H and O–H groups in total. The molecule has 2 fully saturated rings. The van der Waals surface area contributed by atoms with Gasteiger partial charge in [0.15, 0.2) is 0 Å². The zero-order chi connectivity index (χ0) is 12.2. The number of piperazine rings is 2. The van der Waals surface area contributed by atoms with E-state index in [4.69, 9.17) is 0 Å². The Balaban J connectivity index is 1.77. The zero-order valence-corrected chi connectivity index (χ0v) is 10.8. The number of hydrogen-bond acceptors (Lipinski definition) is 4. The number of rotatable bonds is 2. The van der Waals surface area contributed by atoms with Crippen LogP contribution in [0.2, 0.25) is 0 Å². The van der Waals surface area contributed by atoms with Crippen molar-refractivity contribution >= 4 is 5.69 Å². The fraction of sp³-hybridized carbons (Fsp3) is 0.571. The van der Waals surface area contributed by atoms with Crippen LogP contribution in [0.5, 0.6) is 0 Å². The molecule has 0 amide bonds. The van der Waals surface area contributed by atoms with Gasteiger partial charge in [-0.05, 0) is 12.1 Å². The molecular weight excluding hydrogens is 224 g/mol. The van der Waals surface area contributed by atoms with Gasteiger partial charge in [0, 0.05) is 51.5 Å². The fourth-order valence-electron chi connectivity index (χ4n) is 2.92. The number of nitrogens with one attached hydrogen (secondary N) is 2. The lowest BCUT2D eigenvalue weighted by Gasteiger charge is -2.45. The van der Waals surface area contributed by atoms with Crippen molar-refractivity contribution in [2.24, 2.45) is 0 Å². The highest BCUT2D eigenvalue weighted by atomic mass is 15.4. The number of para-hydroxylation sites is 1. The molecule has 3 rings (SSSR count). The first-order chi connectivity index (χ1) is 8.95. The summed E-state index contributed by atoms with van der Waals surface area (Å²) in [7, 11) is 0. The summed E-state index contributed by atoms with van der Waals surface area (Å²) in [5, 5.41) is 6.96. The van der Waals surface area contributed by atoms with Gasteiger partial charge in [-0.25, -0.2) is 0 Å². The van der Waals surface area contributed by atoms with Gasteiger partial charge in [-0.2, -0.15) is 0 Å². The second-order valence-electron chi connectivity index (χ2n) is 5.00. The molecular formula is C14H22N4. The summed E-state index contributed by atoms with van der Waals surface area (Å²) in [6.45, 7) is 7.76. The number of hydrogen-bond donors (Lipinski definition) is 2. The summed E-state index contributed by atoms with van der Waals surface area (Å²) < 4.78 is 0. The Hall–Kier alpha value is -1.10. The normalized spacial score (nSPS) is 26.2. The monoisotopic (exact) mass is 246 g/mol. The van der Waals surface area contributed by atoms with E-state index in [1.807, 2.05) is 0 Å². The summed E-state index contributed by atoms with van der Waals surface area (Å²) in [5.74, 6) is 0. The third-order valence-electron chi connectivity index (χ3n) is 3.88. The molecule has 2 saturated heterocycles. The van der Waals surface area contributed by atoms with Crippen LogP contribution in [0.15, 0.2) is 30.3 Å². The van der Waals surface area contributed by atoms with E-state index in [0.29, 0.717) is 6.17 Å². The van der Waals surface area contributed by atoms with Crippen molar-refractivity contribution in [1.29, 1.82) is 0 Å². The average molecular weight is 246 g/mol. The highest BCUT2D eigenvalue weighted by Crippen LogP contribution is 2.20. The second-order valence-corrected chi connectivity index (χ2v) is 5.00. The average Bonchev–Trinajstić information content (AvgIpc) is 2.49. The molecule has 2 aliphatic rings. The van der Waals surface area contributed by atoms with E-state index in [1.54, 1.807) is 0 Å². The van der Waals surface area contributed by atoms with Gasteiger partial charge in [0.2, 0.25) is 0 Å². The second kappa shape index (κ2) is 5.69. The predicted molar refractivity (Wildman–Crippen MR) is 74.9 cm³/mol. The van der Waals surface area contributed by atoms with Crippen LogP contribution in [0, 0.1) is 0 Å². The van der Waals surface area contributed by atoms with Crippen LogP contribution < -0.4 is 15.5 Å². The van der Waals surface area contributed by atoms with Gasteiger partial charge in [0.1, 0.15) is 0 Å².